The highest BCUT2D eigenvalue weighted by Gasteiger charge is 2.15. The average Bonchev–Trinajstić information content (AvgIpc) is 3.23. The van der Waals surface area contributed by atoms with Crippen LogP contribution < -0.4 is 4.74 Å². The third kappa shape index (κ3) is 2.46. The molecule has 0 aliphatic rings. The van der Waals surface area contributed by atoms with Gasteiger partial charge in [0, 0.05) is 6.20 Å². The molecule has 5 heteroatoms. The lowest BCUT2D eigenvalue weighted by molar-refractivity contribution is 0.414. The Morgan fingerprint density at radius 2 is 2.09 bits per heavy atom. The average molecular weight is 305 g/mol. The maximum atomic E-state index is 5.54. The van der Waals surface area contributed by atoms with Gasteiger partial charge in [0.25, 0.3) is 0 Å². The summed E-state index contributed by atoms with van der Waals surface area (Å²) < 4.78 is 12.9. The predicted octanol–water partition coefficient (Wildman–Crippen LogP) is 3.75. The van der Waals surface area contributed by atoms with E-state index in [0.717, 1.165) is 34.1 Å². The van der Waals surface area contributed by atoms with Gasteiger partial charge in [0.05, 0.1) is 19.9 Å². The lowest BCUT2D eigenvalue weighted by Gasteiger charge is -2.08. The molecule has 0 radical (unpaired) electrons. The lowest BCUT2D eigenvalue weighted by atomic mass is 10.2. The summed E-state index contributed by atoms with van der Waals surface area (Å²) >= 11 is 0. The molecule has 1 aromatic carbocycles. The largest absolute Gasteiger partial charge is 0.497 e. The van der Waals surface area contributed by atoms with Crippen molar-refractivity contribution in [2.24, 2.45) is 0 Å². The smallest absolute Gasteiger partial charge is 0.178 e. The van der Waals surface area contributed by atoms with Crippen LogP contribution in [0, 0.1) is 0 Å². The molecule has 0 saturated heterocycles. The Labute approximate surface area is 133 Å². The molecule has 0 saturated carbocycles. The Bertz CT molecular complexity index is 942. The van der Waals surface area contributed by atoms with Gasteiger partial charge in [0.15, 0.2) is 17.2 Å². The van der Waals surface area contributed by atoms with E-state index in [0.29, 0.717) is 6.54 Å². The molecule has 4 aromatic rings. The highest BCUT2D eigenvalue weighted by atomic mass is 16.5. The number of pyridine rings is 1. The van der Waals surface area contributed by atoms with Crippen molar-refractivity contribution >= 4 is 11.2 Å². The molecule has 0 aliphatic heterocycles. The van der Waals surface area contributed by atoms with Crippen LogP contribution in [0.25, 0.3) is 22.7 Å². The Kier molecular flexibility index (Phi) is 3.31. The number of ether oxygens (including phenoxy) is 1. The Hall–Kier alpha value is -3.08. The fourth-order valence-electron chi connectivity index (χ4n) is 2.66. The van der Waals surface area contributed by atoms with Gasteiger partial charge in [-0.15, -0.1) is 0 Å². The molecule has 114 valence electrons. The highest BCUT2D eigenvalue weighted by Crippen LogP contribution is 2.25. The Balaban J connectivity index is 1.85. The van der Waals surface area contributed by atoms with Gasteiger partial charge in [0.1, 0.15) is 11.3 Å². The van der Waals surface area contributed by atoms with Crippen LogP contribution in [0.1, 0.15) is 5.56 Å². The fraction of sp³-hybridized carbons (Fsp3) is 0.111. The number of fused-ring (bicyclic) bond motifs is 1. The van der Waals surface area contributed by atoms with E-state index in [4.69, 9.17) is 9.15 Å². The SMILES string of the molecule is COc1cccc(Cn2c(-c3ccco3)nc3cccnc32)c1. The minimum atomic E-state index is 0.640. The molecule has 0 aliphatic carbocycles. The molecule has 0 unspecified atom stereocenters. The van der Waals surface area contributed by atoms with Crippen molar-refractivity contribution in [3.05, 3.63) is 66.6 Å². The third-order valence-electron chi connectivity index (χ3n) is 3.72. The normalized spacial score (nSPS) is 11.0. The summed E-state index contributed by atoms with van der Waals surface area (Å²) in [6.07, 6.45) is 3.43. The van der Waals surface area contributed by atoms with Crippen LogP contribution in [0.5, 0.6) is 5.75 Å². The molecule has 0 N–H and O–H groups in total. The molecular weight excluding hydrogens is 290 g/mol. The number of hydrogen-bond acceptors (Lipinski definition) is 4. The minimum absolute atomic E-state index is 0.640. The van der Waals surface area contributed by atoms with Crippen LogP contribution in [-0.2, 0) is 6.54 Å². The molecule has 0 amide bonds. The first-order valence-corrected chi connectivity index (χ1v) is 7.33. The summed E-state index contributed by atoms with van der Waals surface area (Å²) in [6, 6.07) is 15.6. The lowest BCUT2D eigenvalue weighted by Crippen LogP contribution is -2.03. The summed E-state index contributed by atoms with van der Waals surface area (Å²) in [5.74, 6) is 2.33. The summed E-state index contributed by atoms with van der Waals surface area (Å²) in [7, 11) is 1.67. The quantitative estimate of drug-likeness (QED) is 0.576. The molecule has 3 aromatic heterocycles. The van der Waals surface area contributed by atoms with Crippen molar-refractivity contribution in [3.63, 3.8) is 0 Å². The second-order valence-electron chi connectivity index (χ2n) is 5.20. The molecule has 23 heavy (non-hydrogen) atoms. The van der Waals surface area contributed by atoms with Gasteiger partial charge in [-0.2, -0.15) is 0 Å². The molecule has 3 heterocycles. The second kappa shape index (κ2) is 5.61. The summed E-state index contributed by atoms with van der Waals surface area (Å²) in [6.45, 7) is 0.640. The number of aromatic nitrogens is 3. The maximum Gasteiger partial charge on any atom is 0.178 e. The topological polar surface area (TPSA) is 53.1 Å². The number of nitrogens with zero attached hydrogens (tertiary/aromatic N) is 3. The van der Waals surface area contributed by atoms with Gasteiger partial charge in [-0.1, -0.05) is 12.1 Å². The van der Waals surface area contributed by atoms with E-state index in [1.807, 2.05) is 42.5 Å². The van der Waals surface area contributed by atoms with Crippen LogP contribution in [0.4, 0.5) is 0 Å². The van der Waals surface area contributed by atoms with E-state index in [2.05, 4.69) is 20.6 Å². The molecule has 0 atom stereocenters. The van der Waals surface area contributed by atoms with E-state index in [1.165, 1.54) is 0 Å². The monoisotopic (exact) mass is 305 g/mol. The molecule has 5 nitrogen and oxygen atoms in total. The van der Waals surface area contributed by atoms with E-state index >= 15 is 0 Å². The van der Waals surface area contributed by atoms with Crippen LogP contribution in [0.3, 0.4) is 0 Å². The van der Waals surface area contributed by atoms with Crippen LogP contribution in [0.2, 0.25) is 0 Å². The van der Waals surface area contributed by atoms with Gasteiger partial charge < -0.3 is 13.7 Å². The number of imidazole rings is 1. The zero-order valence-corrected chi connectivity index (χ0v) is 12.6. The minimum Gasteiger partial charge on any atom is -0.497 e. The van der Waals surface area contributed by atoms with Crippen molar-refractivity contribution in [2.45, 2.75) is 6.54 Å². The van der Waals surface area contributed by atoms with Crippen molar-refractivity contribution in [1.29, 1.82) is 0 Å². The van der Waals surface area contributed by atoms with E-state index in [-0.39, 0.29) is 0 Å². The van der Waals surface area contributed by atoms with Crippen molar-refractivity contribution in [2.75, 3.05) is 7.11 Å². The number of rotatable bonds is 4. The molecule has 0 fully saturated rings. The zero-order chi connectivity index (χ0) is 15.6. The van der Waals surface area contributed by atoms with Gasteiger partial charge in [-0.3, -0.25) is 0 Å². The van der Waals surface area contributed by atoms with Gasteiger partial charge >= 0.3 is 0 Å². The van der Waals surface area contributed by atoms with Crippen LogP contribution in [0.15, 0.2) is 65.4 Å². The number of methoxy groups -OCH3 is 1. The molecule has 0 spiro atoms. The second-order valence-corrected chi connectivity index (χ2v) is 5.20. The zero-order valence-electron chi connectivity index (χ0n) is 12.6. The summed E-state index contributed by atoms with van der Waals surface area (Å²) in [5, 5.41) is 0. The van der Waals surface area contributed by atoms with Gasteiger partial charge in [-0.25, -0.2) is 9.97 Å². The summed E-state index contributed by atoms with van der Waals surface area (Å²) in [5.41, 5.74) is 2.80. The molecule has 0 bridgehead atoms. The van der Waals surface area contributed by atoms with Gasteiger partial charge in [-0.05, 0) is 42.0 Å². The number of furan rings is 1. The maximum absolute atomic E-state index is 5.54. The van der Waals surface area contributed by atoms with Gasteiger partial charge in [0.2, 0.25) is 0 Å². The number of hydrogen-bond donors (Lipinski definition) is 0. The first kappa shape index (κ1) is 13.6. The molecular formula is C18H15N3O2. The standard InChI is InChI=1S/C18H15N3O2/c1-22-14-6-2-5-13(11-14)12-21-17-15(7-3-9-19-17)20-18(21)16-8-4-10-23-16/h2-11H,12H2,1H3. The van der Waals surface area contributed by atoms with E-state index in [9.17, 15) is 0 Å². The first-order chi connectivity index (χ1) is 11.3. The van der Waals surface area contributed by atoms with Crippen LogP contribution >= 0.6 is 0 Å². The highest BCUT2D eigenvalue weighted by molar-refractivity contribution is 5.76. The van der Waals surface area contributed by atoms with E-state index < -0.39 is 0 Å². The Morgan fingerprint density at radius 1 is 1.13 bits per heavy atom. The van der Waals surface area contributed by atoms with Crippen LogP contribution in [-0.4, -0.2) is 21.6 Å². The fourth-order valence-corrected chi connectivity index (χ4v) is 2.66. The third-order valence-corrected chi connectivity index (χ3v) is 3.72. The van der Waals surface area contributed by atoms with Crippen molar-refractivity contribution < 1.29 is 9.15 Å². The number of benzene rings is 1. The van der Waals surface area contributed by atoms with Crippen molar-refractivity contribution in [1.82, 2.24) is 14.5 Å². The first-order valence-electron chi connectivity index (χ1n) is 7.33. The van der Waals surface area contributed by atoms with E-state index in [1.54, 1.807) is 19.6 Å². The van der Waals surface area contributed by atoms with Crippen molar-refractivity contribution in [3.8, 4) is 17.3 Å². The molecule has 4 rings (SSSR count). The Morgan fingerprint density at radius 3 is 2.91 bits per heavy atom. The summed E-state index contributed by atoms with van der Waals surface area (Å²) in [4.78, 5) is 9.15. The predicted molar refractivity (Wildman–Crippen MR) is 87.3 cm³/mol.